The zero-order chi connectivity index (χ0) is 18.2. The summed E-state index contributed by atoms with van der Waals surface area (Å²) in [5, 5.41) is 6.01. The molecule has 0 aliphatic rings. The summed E-state index contributed by atoms with van der Waals surface area (Å²) in [6, 6.07) is 21.0. The molecule has 0 unspecified atom stereocenters. The molecule has 1 heterocycles. The number of carbonyl (C=O) groups excluding carboxylic acids is 1. The van der Waals surface area contributed by atoms with Crippen LogP contribution in [0.1, 0.15) is 11.1 Å². The van der Waals surface area contributed by atoms with Gasteiger partial charge in [-0.05, 0) is 41.5 Å². The van der Waals surface area contributed by atoms with Crippen LogP contribution in [0.2, 0.25) is 0 Å². The van der Waals surface area contributed by atoms with Crippen molar-refractivity contribution in [1.82, 2.24) is 4.98 Å². The molecule has 0 fully saturated rings. The number of rotatable bonds is 6. The number of hydrogen-bond donors (Lipinski definition) is 3. The van der Waals surface area contributed by atoms with Gasteiger partial charge in [-0.15, -0.1) is 0 Å². The Morgan fingerprint density at radius 3 is 2.50 bits per heavy atom. The molecule has 1 amide bonds. The number of nitrogens with one attached hydrogen (secondary N) is 2. The van der Waals surface area contributed by atoms with Gasteiger partial charge in [-0.1, -0.05) is 42.5 Å². The molecular weight excluding hydrogens is 324 g/mol. The van der Waals surface area contributed by atoms with Gasteiger partial charge in [0.1, 0.15) is 5.82 Å². The van der Waals surface area contributed by atoms with E-state index in [1.807, 2.05) is 42.5 Å². The second-order valence-corrected chi connectivity index (χ2v) is 5.73. The lowest BCUT2D eigenvalue weighted by atomic mass is 10.2. The van der Waals surface area contributed by atoms with Crippen LogP contribution in [-0.4, -0.2) is 10.9 Å². The molecular formula is C21H20N4O. The lowest BCUT2D eigenvalue weighted by Crippen LogP contribution is -2.09. The van der Waals surface area contributed by atoms with Crippen LogP contribution in [-0.2, 0) is 11.3 Å². The van der Waals surface area contributed by atoms with Gasteiger partial charge >= 0.3 is 0 Å². The summed E-state index contributed by atoms with van der Waals surface area (Å²) in [5.74, 6) is 0.543. The Morgan fingerprint density at radius 1 is 1.00 bits per heavy atom. The van der Waals surface area contributed by atoms with E-state index < -0.39 is 0 Å². The molecule has 3 rings (SSSR count). The average molecular weight is 344 g/mol. The van der Waals surface area contributed by atoms with E-state index in [9.17, 15) is 4.79 Å². The van der Waals surface area contributed by atoms with Crippen molar-refractivity contribution in [2.75, 3.05) is 16.4 Å². The molecule has 26 heavy (non-hydrogen) atoms. The van der Waals surface area contributed by atoms with Gasteiger partial charge in [0.25, 0.3) is 0 Å². The Kier molecular flexibility index (Phi) is 5.62. The molecule has 0 radical (unpaired) electrons. The Morgan fingerprint density at radius 2 is 1.77 bits per heavy atom. The van der Waals surface area contributed by atoms with E-state index in [1.165, 1.54) is 11.6 Å². The van der Waals surface area contributed by atoms with Crippen LogP contribution in [0.4, 0.5) is 17.2 Å². The maximum absolute atomic E-state index is 12.0. The third kappa shape index (κ3) is 4.95. The summed E-state index contributed by atoms with van der Waals surface area (Å²) in [7, 11) is 0. The van der Waals surface area contributed by atoms with Gasteiger partial charge in [0.15, 0.2) is 0 Å². The van der Waals surface area contributed by atoms with Gasteiger partial charge in [-0.25, -0.2) is 4.98 Å². The number of nitrogens with two attached hydrogens (primary N) is 1. The minimum atomic E-state index is -0.242. The first kappa shape index (κ1) is 17.2. The van der Waals surface area contributed by atoms with Gasteiger partial charge in [-0.3, -0.25) is 4.79 Å². The van der Waals surface area contributed by atoms with E-state index in [-0.39, 0.29) is 5.91 Å². The Hall–Kier alpha value is -3.60. The van der Waals surface area contributed by atoms with Crippen LogP contribution in [0.3, 0.4) is 0 Å². The van der Waals surface area contributed by atoms with Gasteiger partial charge in [-0.2, -0.15) is 0 Å². The van der Waals surface area contributed by atoms with Crippen molar-refractivity contribution in [2.45, 2.75) is 6.54 Å². The number of hydrogen-bond acceptors (Lipinski definition) is 4. The summed E-state index contributed by atoms with van der Waals surface area (Å²) >= 11 is 0. The average Bonchev–Trinajstić information content (AvgIpc) is 2.68. The predicted molar refractivity (Wildman–Crippen MR) is 107 cm³/mol. The molecule has 0 spiro atoms. The van der Waals surface area contributed by atoms with Crippen LogP contribution >= 0.6 is 0 Å². The highest BCUT2D eigenvalue weighted by molar-refractivity contribution is 6.03. The Bertz CT molecular complexity index is 889. The lowest BCUT2D eigenvalue weighted by Gasteiger charge is -2.06. The van der Waals surface area contributed by atoms with E-state index in [4.69, 9.17) is 5.73 Å². The summed E-state index contributed by atoms with van der Waals surface area (Å²) in [6.45, 7) is 0.712. The summed E-state index contributed by atoms with van der Waals surface area (Å²) in [5.41, 5.74) is 8.97. The van der Waals surface area contributed by atoms with E-state index >= 15 is 0 Å². The highest BCUT2D eigenvalue weighted by atomic mass is 16.1. The molecule has 3 aromatic rings. The van der Waals surface area contributed by atoms with Gasteiger partial charge in [0, 0.05) is 18.8 Å². The predicted octanol–water partition coefficient (Wildman–Crippen LogP) is 3.93. The van der Waals surface area contributed by atoms with Crippen LogP contribution in [0.15, 0.2) is 79.0 Å². The number of anilines is 3. The third-order valence-electron chi connectivity index (χ3n) is 3.75. The number of nitrogen functional groups attached to an aromatic ring is 1. The van der Waals surface area contributed by atoms with Crippen molar-refractivity contribution >= 4 is 29.2 Å². The smallest absolute Gasteiger partial charge is 0.248 e. The standard InChI is InChI=1S/C21H20N4O/c22-18-8-4-5-9-19(18)25-21(26)13-11-17-10-12-20(24-15-17)23-14-16-6-2-1-3-7-16/h1-13,15H,14,22H2,(H,23,24)(H,25,26)/b13-11-. The van der Waals surface area contributed by atoms with Crippen molar-refractivity contribution in [3.8, 4) is 0 Å². The van der Waals surface area contributed by atoms with Gasteiger partial charge in [0.2, 0.25) is 5.91 Å². The van der Waals surface area contributed by atoms with Crippen molar-refractivity contribution in [3.63, 3.8) is 0 Å². The zero-order valence-corrected chi connectivity index (χ0v) is 14.2. The third-order valence-corrected chi connectivity index (χ3v) is 3.75. The zero-order valence-electron chi connectivity index (χ0n) is 14.2. The number of para-hydroxylation sites is 2. The molecule has 0 atom stereocenters. The van der Waals surface area contributed by atoms with E-state index in [1.54, 1.807) is 24.4 Å². The van der Waals surface area contributed by atoms with Gasteiger partial charge in [0.05, 0.1) is 11.4 Å². The fourth-order valence-corrected chi connectivity index (χ4v) is 2.35. The van der Waals surface area contributed by atoms with Crippen LogP contribution in [0.5, 0.6) is 0 Å². The quantitative estimate of drug-likeness (QED) is 0.467. The largest absolute Gasteiger partial charge is 0.397 e. The first-order valence-corrected chi connectivity index (χ1v) is 8.28. The summed E-state index contributed by atoms with van der Waals surface area (Å²) < 4.78 is 0. The minimum absolute atomic E-state index is 0.242. The van der Waals surface area contributed by atoms with Crippen LogP contribution in [0, 0.1) is 0 Å². The molecule has 2 aromatic carbocycles. The molecule has 0 aliphatic heterocycles. The second-order valence-electron chi connectivity index (χ2n) is 5.73. The fraction of sp³-hybridized carbons (Fsp3) is 0.0476. The van der Waals surface area contributed by atoms with Crippen LogP contribution in [0.25, 0.3) is 6.08 Å². The number of nitrogens with zero attached hydrogens (tertiary/aromatic N) is 1. The molecule has 0 saturated heterocycles. The Labute approximate surface area is 152 Å². The number of amides is 1. The molecule has 0 aliphatic carbocycles. The monoisotopic (exact) mass is 344 g/mol. The minimum Gasteiger partial charge on any atom is -0.397 e. The molecule has 1 aromatic heterocycles. The highest BCUT2D eigenvalue weighted by Crippen LogP contribution is 2.16. The first-order valence-electron chi connectivity index (χ1n) is 8.28. The van der Waals surface area contributed by atoms with E-state index in [0.29, 0.717) is 17.9 Å². The summed E-state index contributed by atoms with van der Waals surface area (Å²) in [4.78, 5) is 16.3. The number of carbonyl (C=O) groups is 1. The van der Waals surface area contributed by atoms with E-state index in [2.05, 4.69) is 27.8 Å². The SMILES string of the molecule is Nc1ccccc1NC(=O)/C=C\c1ccc(NCc2ccccc2)nc1. The molecule has 5 nitrogen and oxygen atoms in total. The van der Waals surface area contributed by atoms with E-state index in [0.717, 1.165) is 11.4 Å². The molecule has 0 bridgehead atoms. The summed E-state index contributed by atoms with van der Waals surface area (Å²) in [6.07, 6.45) is 4.89. The molecule has 5 heteroatoms. The number of benzene rings is 2. The number of aromatic nitrogens is 1. The van der Waals surface area contributed by atoms with Crippen molar-refractivity contribution in [2.24, 2.45) is 0 Å². The molecule has 130 valence electrons. The normalized spacial score (nSPS) is 10.6. The second kappa shape index (κ2) is 8.48. The topological polar surface area (TPSA) is 80.0 Å². The van der Waals surface area contributed by atoms with Crippen molar-refractivity contribution < 1.29 is 4.79 Å². The maximum Gasteiger partial charge on any atom is 0.248 e. The fourth-order valence-electron chi connectivity index (χ4n) is 2.35. The first-order chi connectivity index (χ1) is 12.7. The van der Waals surface area contributed by atoms with Crippen molar-refractivity contribution in [1.29, 1.82) is 0 Å². The van der Waals surface area contributed by atoms with Gasteiger partial charge < -0.3 is 16.4 Å². The molecule has 4 N–H and O–H groups in total. The lowest BCUT2D eigenvalue weighted by molar-refractivity contribution is -0.111. The number of pyridine rings is 1. The van der Waals surface area contributed by atoms with Crippen molar-refractivity contribution in [3.05, 3.63) is 90.1 Å². The Balaban J connectivity index is 1.54. The molecule has 0 saturated carbocycles. The maximum atomic E-state index is 12.0. The highest BCUT2D eigenvalue weighted by Gasteiger charge is 2.01. The van der Waals surface area contributed by atoms with Crippen LogP contribution < -0.4 is 16.4 Å².